The van der Waals surface area contributed by atoms with Crippen LogP contribution in [0, 0.1) is 11.7 Å². The molecule has 1 aromatic heterocycles. The number of aliphatic hydroxyl groups excluding tert-OH is 1. The van der Waals surface area contributed by atoms with Crippen molar-refractivity contribution in [1.82, 2.24) is 15.0 Å². The molecule has 3 aromatic carbocycles. The summed E-state index contributed by atoms with van der Waals surface area (Å²) in [5.74, 6) is -2.74. The Morgan fingerprint density at radius 1 is 1.09 bits per heavy atom. The fourth-order valence-electron chi connectivity index (χ4n) is 3.92. The number of carboxylic acid groups (broad SMARTS) is 1. The highest BCUT2D eigenvalue weighted by Gasteiger charge is 2.28. The third-order valence-corrected chi connectivity index (χ3v) is 5.95. The van der Waals surface area contributed by atoms with Gasteiger partial charge in [-0.3, -0.25) is 9.59 Å². The first-order valence-electron chi connectivity index (χ1n) is 11.0. The highest BCUT2D eigenvalue weighted by atomic mass is 19.1. The molecule has 0 saturated heterocycles. The number of benzene rings is 3. The van der Waals surface area contributed by atoms with Gasteiger partial charge in [0.15, 0.2) is 11.6 Å². The lowest BCUT2D eigenvalue weighted by Crippen LogP contribution is -2.37. The number of aliphatic carboxylic acids is 1. The Hall–Kier alpha value is -4.11. The summed E-state index contributed by atoms with van der Waals surface area (Å²) in [6.45, 7) is -0.296. The summed E-state index contributed by atoms with van der Waals surface area (Å²) in [5, 5.41) is 28.4. The molecule has 1 heterocycles. The van der Waals surface area contributed by atoms with Crippen molar-refractivity contribution < 1.29 is 24.1 Å². The molecule has 0 aliphatic carbocycles. The number of hydrogen-bond acceptors (Lipinski definition) is 6. The van der Waals surface area contributed by atoms with Crippen LogP contribution >= 0.6 is 0 Å². The predicted molar refractivity (Wildman–Crippen MR) is 128 cm³/mol. The standard InChI is InChI=1S/C26H24FN3O5/c1-35-24-13-11-18(14-21(24)27)17-9-6-16(7-10-17)8-12-23(31)20(26(33)34)15-30-25(32)19-4-2-3-5-22(19)28-29-30/h2-7,9-11,13-14,20,23,31H,8,12,15H2,1H3,(H,33,34)/t20-,23+/m0/s1. The maximum Gasteiger partial charge on any atom is 0.311 e. The van der Waals surface area contributed by atoms with Crippen LogP contribution in [0.4, 0.5) is 4.39 Å². The third-order valence-electron chi connectivity index (χ3n) is 5.95. The van der Waals surface area contributed by atoms with Gasteiger partial charge in [-0.15, -0.1) is 5.10 Å². The zero-order chi connectivity index (χ0) is 24.9. The first kappa shape index (κ1) is 24.0. The van der Waals surface area contributed by atoms with Gasteiger partial charge in [0, 0.05) is 0 Å². The number of carboxylic acids is 1. The van der Waals surface area contributed by atoms with E-state index in [9.17, 15) is 24.2 Å². The van der Waals surface area contributed by atoms with Crippen LogP contribution in [0.2, 0.25) is 0 Å². The van der Waals surface area contributed by atoms with Gasteiger partial charge in [-0.25, -0.2) is 9.07 Å². The Kier molecular flexibility index (Phi) is 7.17. The largest absolute Gasteiger partial charge is 0.494 e. The van der Waals surface area contributed by atoms with Crippen LogP contribution in [-0.2, 0) is 17.8 Å². The molecule has 8 nitrogen and oxygen atoms in total. The smallest absolute Gasteiger partial charge is 0.311 e. The minimum atomic E-state index is -1.23. The molecule has 9 heteroatoms. The molecule has 0 aliphatic rings. The normalized spacial score (nSPS) is 12.9. The topological polar surface area (TPSA) is 115 Å². The van der Waals surface area contributed by atoms with E-state index < -0.39 is 29.4 Å². The zero-order valence-electron chi connectivity index (χ0n) is 19.0. The van der Waals surface area contributed by atoms with Gasteiger partial charge in [-0.1, -0.05) is 47.7 Å². The second-order valence-corrected chi connectivity index (χ2v) is 8.19. The van der Waals surface area contributed by atoms with E-state index >= 15 is 0 Å². The first-order valence-corrected chi connectivity index (χ1v) is 11.0. The minimum Gasteiger partial charge on any atom is -0.494 e. The third kappa shape index (κ3) is 5.36. The average molecular weight is 477 g/mol. The molecule has 0 radical (unpaired) electrons. The van der Waals surface area contributed by atoms with Gasteiger partial charge in [0.05, 0.1) is 25.1 Å². The number of aromatic nitrogens is 3. The number of hydrogen-bond donors (Lipinski definition) is 2. The van der Waals surface area contributed by atoms with Gasteiger partial charge in [0.1, 0.15) is 11.4 Å². The maximum atomic E-state index is 14.0. The number of aliphatic hydroxyl groups is 1. The van der Waals surface area contributed by atoms with E-state index in [1.54, 1.807) is 36.4 Å². The lowest BCUT2D eigenvalue weighted by atomic mass is 9.95. The molecule has 4 aromatic rings. The van der Waals surface area contributed by atoms with Crippen molar-refractivity contribution in [1.29, 1.82) is 0 Å². The van der Waals surface area contributed by atoms with Crippen molar-refractivity contribution in [3.63, 3.8) is 0 Å². The number of aryl methyl sites for hydroxylation is 1. The van der Waals surface area contributed by atoms with Crippen molar-refractivity contribution in [2.24, 2.45) is 5.92 Å². The van der Waals surface area contributed by atoms with E-state index in [0.29, 0.717) is 22.9 Å². The number of rotatable bonds is 9. The SMILES string of the molecule is COc1ccc(-c2ccc(CC[C@@H](O)[C@H](Cn3nnc4ccccc4c3=O)C(=O)O)cc2)cc1F. The molecule has 2 atom stereocenters. The summed E-state index contributed by atoms with van der Waals surface area (Å²) in [7, 11) is 1.41. The molecule has 4 rings (SSSR count). The maximum absolute atomic E-state index is 14.0. The zero-order valence-corrected chi connectivity index (χ0v) is 19.0. The number of nitrogens with zero attached hydrogens (tertiary/aromatic N) is 3. The molecule has 0 amide bonds. The predicted octanol–water partition coefficient (Wildman–Crippen LogP) is 3.30. The Bertz CT molecular complexity index is 1400. The Morgan fingerprint density at radius 3 is 2.49 bits per heavy atom. The van der Waals surface area contributed by atoms with E-state index in [1.807, 2.05) is 24.3 Å². The van der Waals surface area contributed by atoms with Crippen molar-refractivity contribution >= 4 is 16.9 Å². The lowest BCUT2D eigenvalue weighted by molar-refractivity contribution is -0.146. The second kappa shape index (κ2) is 10.4. The summed E-state index contributed by atoms with van der Waals surface area (Å²) in [4.78, 5) is 24.5. The fourth-order valence-corrected chi connectivity index (χ4v) is 3.92. The molecule has 2 N–H and O–H groups in total. The highest BCUT2D eigenvalue weighted by molar-refractivity contribution is 5.76. The van der Waals surface area contributed by atoms with Crippen LogP contribution in [0.25, 0.3) is 22.0 Å². The number of ether oxygens (including phenoxy) is 1. The van der Waals surface area contributed by atoms with Gasteiger partial charge in [0.2, 0.25) is 0 Å². The van der Waals surface area contributed by atoms with Crippen molar-refractivity contribution in [2.75, 3.05) is 7.11 Å². The number of fused-ring (bicyclic) bond motifs is 1. The van der Waals surface area contributed by atoms with Crippen LogP contribution in [0.1, 0.15) is 12.0 Å². The molecular formula is C26H24FN3O5. The molecule has 0 bridgehead atoms. The monoisotopic (exact) mass is 477 g/mol. The quantitative estimate of drug-likeness (QED) is 0.380. The Labute approximate surface area is 200 Å². The van der Waals surface area contributed by atoms with E-state index in [-0.39, 0.29) is 18.7 Å². The van der Waals surface area contributed by atoms with Crippen LogP contribution in [-0.4, -0.2) is 44.4 Å². The summed E-state index contributed by atoms with van der Waals surface area (Å²) in [6, 6.07) is 18.7. The average Bonchev–Trinajstić information content (AvgIpc) is 2.87. The lowest BCUT2D eigenvalue weighted by Gasteiger charge is -2.19. The molecule has 180 valence electrons. The van der Waals surface area contributed by atoms with Gasteiger partial charge >= 0.3 is 5.97 Å². The molecule has 0 unspecified atom stereocenters. The van der Waals surface area contributed by atoms with Crippen molar-refractivity contribution in [3.05, 3.63) is 88.5 Å². The Morgan fingerprint density at radius 2 is 1.80 bits per heavy atom. The first-order chi connectivity index (χ1) is 16.9. The summed E-state index contributed by atoms with van der Waals surface area (Å²) < 4.78 is 19.9. The molecule has 35 heavy (non-hydrogen) atoms. The number of carbonyl (C=O) groups is 1. The van der Waals surface area contributed by atoms with Gasteiger partial charge in [0.25, 0.3) is 5.56 Å². The van der Waals surface area contributed by atoms with E-state index in [0.717, 1.165) is 15.8 Å². The summed E-state index contributed by atoms with van der Waals surface area (Å²) >= 11 is 0. The fraction of sp³-hybridized carbons (Fsp3) is 0.231. The van der Waals surface area contributed by atoms with Gasteiger partial charge < -0.3 is 14.9 Å². The summed E-state index contributed by atoms with van der Waals surface area (Å²) in [6.07, 6.45) is -0.618. The van der Waals surface area contributed by atoms with Crippen LogP contribution in [0.15, 0.2) is 71.5 Å². The molecule has 0 aliphatic heterocycles. The minimum absolute atomic E-state index is 0.170. The highest BCUT2D eigenvalue weighted by Crippen LogP contribution is 2.26. The van der Waals surface area contributed by atoms with Crippen LogP contribution in [0.5, 0.6) is 5.75 Å². The molecule has 0 fully saturated rings. The van der Waals surface area contributed by atoms with Crippen molar-refractivity contribution in [3.8, 4) is 16.9 Å². The summed E-state index contributed by atoms with van der Waals surface area (Å²) in [5.41, 5.74) is 2.35. The molecular weight excluding hydrogens is 453 g/mol. The Balaban J connectivity index is 1.43. The molecule has 0 saturated carbocycles. The van der Waals surface area contributed by atoms with Crippen LogP contribution in [0.3, 0.4) is 0 Å². The van der Waals surface area contributed by atoms with Gasteiger partial charge in [-0.2, -0.15) is 0 Å². The molecule has 0 spiro atoms. The van der Waals surface area contributed by atoms with E-state index in [4.69, 9.17) is 4.74 Å². The van der Waals surface area contributed by atoms with Gasteiger partial charge in [-0.05, 0) is 53.8 Å². The van der Waals surface area contributed by atoms with E-state index in [2.05, 4.69) is 10.3 Å². The van der Waals surface area contributed by atoms with Crippen molar-refractivity contribution in [2.45, 2.75) is 25.5 Å². The van der Waals surface area contributed by atoms with Crippen LogP contribution < -0.4 is 10.3 Å². The second-order valence-electron chi connectivity index (χ2n) is 8.19. The van der Waals surface area contributed by atoms with E-state index in [1.165, 1.54) is 13.2 Å². The number of halogens is 1. The number of methoxy groups -OCH3 is 1.